The van der Waals surface area contributed by atoms with Crippen LogP contribution < -0.4 is 5.32 Å². The van der Waals surface area contributed by atoms with Gasteiger partial charge in [-0.2, -0.15) is 0 Å². The number of amides is 1. The van der Waals surface area contributed by atoms with Crippen molar-refractivity contribution in [3.05, 3.63) is 11.6 Å². The Morgan fingerprint density at radius 3 is 2.89 bits per heavy atom. The van der Waals surface area contributed by atoms with Crippen LogP contribution in [0.2, 0.25) is 0 Å². The molecule has 1 atom stereocenters. The number of nitrogens with zero attached hydrogens (tertiary/aromatic N) is 3. The lowest BCUT2D eigenvalue weighted by molar-refractivity contribution is 0.0739. The first-order valence-corrected chi connectivity index (χ1v) is 7.23. The largest absolute Gasteiger partial charge is 0.335 e. The highest BCUT2D eigenvalue weighted by atomic mass is 16.2. The van der Waals surface area contributed by atoms with Gasteiger partial charge >= 0.3 is 0 Å². The summed E-state index contributed by atoms with van der Waals surface area (Å²) >= 11 is 0. The van der Waals surface area contributed by atoms with Crippen molar-refractivity contribution in [2.24, 2.45) is 0 Å². The molecular weight excluding hydrogens is 242 g/mol. The molecule has 1 saturated heterocycles. The molecule has 2 N–H and O–H groups in total. The summed E-state index contributed by atoms with van der Waals surface area (Å²) in [5, 5.41) is 10.4. The molecule has 2 fully saturated rings. The van der Waals surface area contributed by atoms with Gasteiger partial charge in [0.2, 0.25) is 5.82 Å². The highest BCUT2D eigenvalue weighted by Crippen LogP contribution is 2.37. The number of nitrogens with one attached hydrogen (secondary N) is 2. The smallest absolute Gasteiger partial charge is 0.293 e. The van der Waals surface area contributed by atoms with Crippen molar-refractivity contribution in [2.45, 2.75) is 44.6 Å². The number of hydrogen-bond acceptors (Lipinski definition) is 4. The molecule has 6 nitrogen and oxygen atoms in total. The molecule has 0 aromatic carbocycles. The van der Waals surface area contributed by atoms with Crippen molar-refractivity contribution in [1.29, 1.82) is 0 Å². The van der Waals surface area contributed by atoms with Crippen LogP contribution in [-0.2, 0) is 0 Å². The molecule has 1 aromatic rings. The molecule has 1 unspecified atom stereocenters. The summed E-state index contributed by atoms with van der Waals surface area (Å²) in [6, 6.07) is 0.422. The van der Waals surface area contributed by atoms with Crippen molar-refractivity contribution in [2.75, 3.05) is 19.6 Å². The minimum absolute atomic E-state index is 0.0562. The molecule has 0 radical (unpaired) electrons. The molecule has 1 amide bonds. The lowest BCUT2D eigenvalue weighted by Gasteiger charge is -2.23. The van der Waals surface area contributed by atoms with Gasteiger partial charge in [-0.1, -0.05) is 0 Å². The normalized spacial score (nSPS) is 22.7. The summed E-state index contributed by atoms with van der Waals surface area (Å²) in [6.07, 6.45) is 4.66. The molecule has 1 saturated carbocycles. The SMILES string of the molecule is CCN(CC1CCCN1)C(=O)c1n[nH]c(C2CC2)n1. The lowest BCUT2D eigenvalue weighted by Crippen LogP contribution is -2.41. The predicted molar refractivity (Wildman–Crippen MR) is 71.0 cm³/mol. The Labute approximate surface area is 113 Å². The standard InChI is InChI=1S/C13H21N5O/c1-2-18(8-10-4-3-7-14-10)13(19)12-15-11(16-17-12)9-5-6-9/h9-10,14H,2-8H2,1H3,(H,15,16,17). The van der Waals surface area contributed by atoms with Gasteiger partial charge in [-0.15, -0.1) is 5.10 Å². The average Bonchev–Trinajstić information content (AvgIpc) is 2.95. The number of aromatic amines is 1. The second-order valence-electron chi connectivity index (χ2n) is 5.46. The second kappa shape index (κ2) is 5.28. The van der Waals surface area contributed by atoms with E-state index in [9.17, 15) is 4.79 Å². The van der Waals surface area contributed by atoms with Gasteiger partial charge in [-0.25, -0.2) is 4.98 Å². The number of rotatable bonds is 5. The molecule has 3 rings (SSSR count). The number of carbonyl (C=O) groups is 1. The van der Waals surface area contributed by atoms with Crippen LogP contribution in [0.3, 0.4) is 0 Å². The van der Waals surface area contributed by atoms with E-state index in [2.05, 4.69) is 20.5 Å². The quantitative estimate of drug-likeness (QED) is 0.827. The number of aromatic nitrogens is 3. The summed E-state index contributed by atoms with van der Waals surface area (Å²) < 4.78 is 0. The van der Waals surface area contributed by atoms with Gasteiger partial charge in [-0.3, -0.25) is 9.89 Å². The number of H-pyrrole nitrogens is 1. The van der Waals surface area contributed by atoms with Gasteiger partial charge in [0.25, 0.3) is 5.91 Å². The maximum atomic E-state index is 12.4. The molecule has 1 aromatic heterocycles. The van der Waals surface area contributed by atoms with E-state index in [0.29, 0.717) is 24.3 Å². The second-order valence-corrected chi connectivity index (χ2v) is 5.46. The van der Waals surface area contributed by atoms with Crippen LogP contribution in [0, 0.1) is 0 Å². The average molecular weight is 263 g/mol. The summed E-state index contributed by atoms with van der Waals surface area (Å²) in [7, 11) is 0. The zero-order valence-corrected chi connectivity index (χ0v) is 11.4. The maximum absolute atomic E-state index is 12.4. The molecule has 2 aliphatic rings. The van der Waals surface area contributed by atoms with Crippen LogP contribution in [0.1, 0.15) is 55.0 Å². The van der Waals surface area contributed by atoms with Crippen LogP contribution >= 0.6 is 0 Å². The van der Waals surface area contributed by atoms with E-state index in [4.69, 9.17) is 0 Å². The summed E-state index contributed by atoms with van der Waals surface area (Å²) in [4.78, 5) is 18.5. The summed E-state index contributed by atoms with van der Waals surface area (Å²) in [5.41, 5.74) is 0. The Balaban J connectivity index is 1.64. The van der Waals surface area contributed by atoms with Gasteiger partial charge in [0, 0.05) is 25.0 Å². The van der Waals surface area contributed by atoms with E-state index >= 15 is 0 Å². The van der Waals surface area contributed by atoms with Gasteiger partial charge < -0.3 is 10.2 Å². The first kappa shape index (κ1) is 12.6. The molecule has 0 spiro atoms. The topological polar surface area (TPSA) is 73.9 Å². The highest BCUT2D eigenvalue weighted by Gasteiger charge is 2.29. The summed E-state index contributed by atoms with van der Waals surface area (Å²) in [6.45, 7) is 4.51. The molecule has 1 aliphatic carbocycles. The molecule has 6 heteroatoms. The van der Waals surface area contributed by atoms with Crippen LogP contribution in [0.15, 0.2) is 0 Å². The zero-order chi connectivity index (χ0) is 13.2. The number of likely N-dealkylation sites (N-methyl/N-ethyl adjacent to an activating group) is 1. The van der Waals surface area contributed by atoms with Crippen LogP contribution in [0.4, 0.5) is 0 Å². The van der Waals surface area contributed by atoms with E-state index in [-0.39, 0.29) is 5.91 Å². The van der Waals surface area contributed by atoms with E-state index in [1.54, 1.807) is 0 Å². The third-order valence-electron chi connectivity index (χ3n) is 3.93. The number of hydrogen-bond donors (Lipinski definition) is 2. The van der Waals surface area contributed by atoms with Crippen molar-refractivity contribution < 1.29 is 4.79 Å². The molecular formula is C13H21N5O. The van der Waals surface area contributed by atoms with E-state index < -0.39 is 0 Å². The third kappa shape index (κ3) is 2.78. The minimum atomic E-state index is -0.0562. The third-order valence-corrected chi connectivity index (χ3v) is 3.93. The van der Waals surface area contributed by atoms with Gasteiger partial charge in [0.15, 0.2) is 0 Å². The Morgan fingerprint density at radius 1 is 1.42 bits per heavy atom. The first-order valence-electron chi connectivity index (χ1n) is 7.23. The Bertz CT molecular complexity index is 448. The Kier molecular flexibility index (Phi) is 3.50. The van der Waals surface area contributed by atoms with Crippen LogP contribution in [0.5, 0.6) is 0 Å². The van der Waals surface area contributed by atoms with E-state index in [0.717, 1.165) is 38.2 Å². The van der Waals surface area contributed by atoms with Crippen LogP contribution in [0.25, 0.3) is 0 Å². The van der Waals surface area contributed by atoms with Crippen molar-refractivity contribution in [3.8, 4) is 0 Å². The zero-order valence-electron chi connectivity index (χ0n) is 11.4. The molecule has 104 valence electrons. The van der Waals surface area contributed by atoms with Crippen LogP contribution in [-0.4, -0.2) is 51.7 Å². The van der Waals surface area contributed by atoms with Gasteiger partial charge in [0.1, 0.15) is 5.82 Å². The van der Waals surface area contributed by atoms with Crippen molar-refractivity contribution in [3.63, 3.8) is 0 Å². The van der Waals surface area contributed by atoms with Crippen molar-refractivity contribution >= 4 is 5.91 Å². The minimum Gasteiger partial charge on any atom is -0.335 e. The highest BCUT2D eigenvalue weighted by molar-refractivity contribution is 5.90. The summed E-state index contributed by atoms with van der Waals surface area (Å²) in [5.74, 6) is 1.64. The van der Waals surface area contributed by atoms with Gasteiger partial charge in [0.05, 0.1) is 0 Å². The van der Waals surface area contributed by atoms with Gasteiger partial charge in [-0.05, 0) is 39.2 Å². The van der Waals surface area contributed by atoms with E-state index in [1.807, 2.05) is 11.8 Å². The molecule has 0 bridgehead atoms. The first-order chi connectivity index (χ1) is 9.28. The number of carbonyl (C=O) groups excluding carboxylic acids is 1. The Hall–Kier alpha value is -1.43. The fourth-order valence-electron chi connectivity index (χ4n) is 2.58. The molecule has 1 aliphatic heterocycles. The monoisotopic (exact) mass is 263 g/mol. The van der Waals surface area contributed by atoms with E-state index in [1.165, 1.54) is 6.42 Å². The lowest BCUT2D eigenvalue weighted by atomic mass is 10.2. The van der Waals surface area contributed by atoms with Crippen molar-refractivity contribution in [1.82, 2.24) is 25.4 Å². The fourth-order valence-corrected chi connectivity index (χ4v) is 2.58. The maximum Gasteiger partial charge on any atom is 0.293 e. The fraction of sp³-hybridized carbons (Fsp3) is 0.769. The predicted octanol–water partition coefficient (Wildman–Crippen LogP) is 0.896. The molecule has 19 heavy (non-hydrogen) atoms. The molecule has 2 heterocycles. The Morgan fingerprint density at radius 2 is 2.26 bits per heavy atom.